The number of methoxy groups -OCH3 is 1. The molecule has 0 saturated heterocycles. The molecule has 4 rings (SSSR count). The molecule has 0 unspecified atom stereocenters. The van der Waals surface area contributed by atoms with Gasteiger partial charge in [-0.25, -0.2) is 4.68 Å². The number of amides is 2. The number of hydrogen-bond donors (Lipinski definition) is 1. The van der Waals surface area contributed by atoms with Crippen LogP contribution < -0.4 is 10.5 Å². The first-order valence-electron chi connectivity index (χ1n) is 10.8. The number of nitrogens with two attached hydrogens (primary N) is 1. The average molecular weight is 455 g/mol. The van der Waals surface area contributed by atoms with E-state index in [2.05, 4.69) is 0 Å². The predicted octanol–water partition coefficient (Wildman–Crippen LogP) is 4.23. The minimum absolute atomic E-state index is 0.194. The monoisotopic (exact) mass is 454 g/mol. The molecule has 7 heteroatoms. The maximum Gasteiger partial charge on any atom is 0.257 e. The van der Waals surface area contributed by atoms with Crippen LogP contribution in [0.4, 0.5) is 0 Å². The van der Waals surface area contributed by atoms with E-state index in [4.69, 9.17) is 15.6 Å². The number of nitrogens with zero attached hydrogens (tertiary/aromatic N) is 3. The molecule has 2 amide bonds. The summed E-state index contributed by atoms with van der Waals surface area (Å²) in [5.74, 6) is -0.0198. The molecule has 4 aromatic rings. The van der Waals surface area contributed by atoms with Crippen molar-refractivity contribution >= 4 is 11.8 Å². The zero-order valence-electron chi connectivity index (χ0n) is 19.4. The van der Waals surface area contributed by atoms with E-state index in [1.54, 1.807) is 48.1 Å². The fraction of sp³-hybridized carbons (Fsp3) is 0.148. The molecule has 2 N–H and O–H groups in total. The summed E-state index contributed by atoms with van der Waals surface area (Å²) in [6.45, 7) is 2.33. The maximum atomic E-state index is 13.6. The standard InChI is InChI=1S/C27H26N4O3/c1-18-10-12-22(13-11-18)31-17-24(25(29-31)20-7-5-9-23(15-20)34-3)27(33)30(2)16-19-6-4-8-21(14-19)26(28)32/h4-15,17H,16H2,1-3H3,(H2,28,32). The molecule has 34 heavy (non-hydrogen) atoms. The summed E-state index contributed by atoms with van der Waals surface area (Å²) >= 11 is 0. The van der Waals surface area contributed by atoms with Gasteiger partial charge in [-0.15, -0.1) is 0 Å². The highest BCUT2D eigenvalue weighted by Gasteiger charge is 2.22. The van der Waals surface area contributed by atoms with Gasteiger partial charge in [0.15, 0.2) is 0 Å². The summed E-state index contributed by atoms with van der Waals surface area (Å²) in [6.07, 6.45) is 1.75. The van der Waals surface area contributed by atoms with Crippen molar-refractivity contribution in [2.75, 3.05) is 14.2 Å². The molecule has 0 fully saturated rings. The quantitative estimate of drug-likeness (QED) is 0.453. The second-order valence-corrected chi connectivity index (χ2v) is 8.13. The second-order valence-electron chi connectivity index (χ2n) is 8.13. The van der Waals surface area contributed by atoms with Crippen molar-refractivity contribution in [2.45, 2.75) is 13.5 Å². The second kappa shape index (κ2) is 9.62. The Morgan fingerprint density at radius 3 is 2.47 bits per heavy atom. The van der Waals surface area contributed by atoms with Gasteiger partial charge in [0.05, 0.1) is 18.4 Å². The van der Waals surface area contributed by atoms with Crippen LogP contribution in [0.1, 0.15) is 31.8 Å². The number of ether oxygens (including phenoxy) is 1. The molecule has 0 aliphatic rings. The van der Waals surface area contributed by atoms with Crippen LogP contribution in [0.5, 0.6) is 5.75 Å². The highest BCUT2D eigenvalue weighted by molar-refractivity contribution is 6.00. The molecule has 1 heterocycles. The van der Waals surface area contributed by atoms with Gasteiger partial charge in [0, 0.05) is 30.9 Å². The van der Waals surface area contributed by atoms with Crippen LogP contribution in [0.2, 0.25) is 0 Å². The van der Waals surface area contributed by atoms with Gasteiger partial charge in [0.2, 0.25) is 5.91 Å². The molecule has 0 aliphatic carbocycles. The Balaban J connectivity index is 1.72. The smallest absolute Gasteiger partial charge is 0.257 e. The summed E-state index contributed by atoms with van der Waals surface area (Å²) in [5.41, 5.74) is 10.4. The summed E-state index contributed by atoms with van der Waals surface area (Å²) in [6, 6.07) is 22.4. The summed E-state index contributed by atoms with van der Waals surface area (Å²) in [7, 11) is 3.32. The van der Waals surface area contributed by atoms with Crippen molar-refractivity contribution in [2.24, 2.45) is 5.73 Å². The van der Waals surface area contributed by atoms with Gasteiger partial charge in [-0.3, -0.25) is 9.59 Å². The molecule has 0 spiro atoms. The summed E-state index contributed by atoms with van der Waals surface area (Å²) in [5, 5.41) is 4.76. The minimum atomic E-state index is -0.504. The highest BCUT2D eigenvalue weighted by Crippen LogP contribution is 2.28. The largest absolute Gasteiger partial charge is 0.497 e. The summed E-state index contributed by atoms with van der Waals surface area (Å²) < 4.78 is 7.08. The van der Waals surface area contributed by atoms with Crippen molar-refractivity contribution in [1.29, 1.82) is 0 Å². The van der Waals surface area contributed by atoms with E-state index >= 15 is 0 Å². The van der Waals surface area contributed by atoms with Gasteiger partial charge in [0.1, 0.15) is 11.4 Å². The number of carbonyl (C=O) groups excluding carboxylic acids is 2. The third-order valence-corrected chi connectivity index (χ3v) is 5.56. The van der Waals surface area contributed by atoms with Crippen molar-refractivity contribution in [3.8, 4) is 22.7 Å². The van der Waals surface area contributed by atoms with Gasteiger partial charge in [-0.1, -0.05) is 42.0 Å². The molecule has 7 nitrogen and oxygen atoms in total. The lowest BCUT2D eigenvalue weighted by Crippen LogP contribution is -2.26. The summed E-state index contributed by atoms with van der Waals surface area (Å²) in [4.78, 5) is 26.7. The normalized spacial score (nSPS) is 10.7. The third-order valence-electron chi connectivity index (χ3n) is 5.56. The van der Waals surface area contributed by atoms with Crippen molar-refractivity contribution in [3.63, 3.8) is 0 Å². The van der Waals surface area contributed by atoms with Crippen molar-refractivity contribution in [3.05, 3.63) is 101 Å². The van der Waals surface area contributed by atoms with E-state index in [0.29, 0.717) is 29.1 Å². The number of carbonyl (C=O) groups is 2. The van der Waals surface area contributed by atoms with Crippen LogP contribution in [0, 0.1) is 6.92 Å². The zero-order chi connectivity index (χ0) is 24.2. The molecular formula is C27H26N4O3. The Morgan fingerprint density at radius 1 is 1.03 bits per heavy atom. The Hall–Kier alpha value is -4.39. The predicted molar refractivity (Wildman–Crippen MR) is 131 cm³/mol. The Kier molecular flexibility index (Phi) is 6.45. The van der Waals surface area contributed by atoms with E-state index in [9.17, 15) is 9.59 Å². The average Bonchev–Trinajstić information content (AvgIpc) is 3.29. The molecule has 0 aliphatic heterocycles. The Bertz CT molecular complexity index is 1340. The first-order valence-corrected chi connectivity index (χ1v) is 10.8. The van der Waals surface area contributed by atoms with Crippen LogP contribution in [0.15, 0.2) is 79.0 Å². The third kappa shape index (κ3) is 4.83. The van der Waals surface area contributed by atoms with E-state index in [1.807, 2.05) is 61.5 Å². The number of aryl methyl sites for hydroxylation is 1. The first-order chi connectivity index (χ1) is 16.4. The van der Waals surface area contributed by atoms with Gasteiger partial charge in [0.25, 0.3) is 5.91 Å². The lowest BCUT2D eigenvalue weighted by atomic mass is 10.1. The van der Waals surface area contributed by atoms with Gasteiger partial charge in [-0.05, 0) is 48.9 Å². The lowest BCUT2D eigenvalue weighted by Gasteiger charge is -2.17. The van der Waals surface area contributed by atoms with E-state index in [-0.39, 0.29) is 5.91 Å². The van der Waals surface area contributed by atoms with E-state index in [0.717, 1.165) is 22.4 Å². The van der Waals surface area contributed by atoms with Crippen LogP contribution in [0.25, 0.3) is 16.9 Å². The molecule has 0 radical (unpaired) electrons. The highest BCUT2D eigenvalue weighted by atomic mass is 16.5. The number of aromatic nitrogens is 2. The first kappa shape index (κ1) is 22.8. The van der Waals surface area contributed by atoms with Crippen molar-refractivity contribution < 1.29 is 14.3 Å². The van der Waals surface area contributed by atoms with Crippen LogP contribution in [-0.2, 0) is 6.54 Å². The molecule has 0 atom stereocenters. The molecular weight excluding hydrogens is 428 g/mol. The fourth-order valence-electron chi connectivity index (χ4n) is 3.72. The Labute approximate surface area is 198 Å². The number of primary amides is 1. The molecule has 0 saturated carbocycles. The van der Waals surface area contributed by atoms with Gasteiger partial charge < -0.3 is 15.4 Å². The van der Waals surface area contributed by atoms with Crippen LogP contribution >= 0.6 is 0 Å². The lowest BCUT2D eigenvalue weighted by molar-refractivity contribution is 0.0785. The Morgan fingerprint density at radius 2 is 1.76 bits per heavy atom. The molecule has 3 aromatic carbocycles. The van der Waals surface area contributed by atoms with E-state index < -0.39 is 5.91 Å². The van der Waals surface area contributed by atoms with Crippen LogP contribution in [0.3, 0.4) is 0 Å². The van der Waals surface area contributed by atoms with Gasteiger partial charge in [-0.2, -0.15) is 5.10 Å². The molecule has 1 aromatic heterocycles. The zero-order valence-corrected chi connectivity index (χ0v) is 19.4. The topological polar surface area (TPSA) is 90.5 Å². The molecule has 172 valence electrons. The number of hydrogen-bond acceptors (Lipinski definition) is 4. The molecule has 0 bridgehead atoms. The van der Waals surface area contributed by atoms with Crippen LogP contribution in [-0.4, -0.2) is 40.7 Å². The van der Waals surface area contributed by atoms with Gasteiger partial charge >= 0.3 is 0 Å². The SMILES string of the molecule is COc1cccc(-c2nn(-c3ccc(C)cc3)cc2C(=O)N(C)Cc2cccc(C(N)=O)c2)c1. The minimum Gasteiger partial charge on any atom is -0.497 e. The van der Waals surface area contributed by atoms with Crippen molar-refractivity contribution in [1.82, 2.24) is 14.7 Å². The maximum absolute atomic E-state index is 13.6. The van der Waals surface area contributed by atoms with E-state index in [1.165, 1.54) is 0 Å². The number of rotatable bonds is 7. The fourth-order valence-corrected chi connectivity index (χ4v) is 3.72. The number of benzene rings is 3.